The van der Waals surface area contributed by atoms with Crippen molar-refractivity contribution in [1.29, 1.82) is 5.26 Å². The molecule has 2 heteroatoms. The second-order valence-corrected chi connectivity index (χ2v) is 3.54. The summed E-state index contributed by atoms with van der Waals surface area (Å²) < 4.78 is 0. The first-order chi connectivity index (χ1) is 6.74. The molecule has 1 aromatic carbocycles. The van der Waals surface area contributed by atoms with Crippen LogP contribution < -0.4 is 5.46 Å². The Labute approximate surface area is 87.2 Å². The van der Waals surface area contributed by atoms with Gasteiger partial charge in [-0.15, -0.1) is 0 Å². The van der Waals surface area contributed by atoms with Gasteiger partial charge in [-0.05, 0) is 24.0 Å². The summed E-state index contributed by atoms with van der Waals surface area (Å²) in [6.45, 7) is 4.30. The molecule has 0 amide bonds. The van der Waals surface area contributed by atoms with Gasteiger partial charge in [-0.3, -0.25) is 0 Å². The number of rotatable bonds is 3. The monoisotopic (exact) mass is 185 g/mol. The standard InChI is InChI=1S/C12H16BN/c1-3-9-5-6-12(13)10(4-2)11(9)7-8-14/h5-6H,3-4,7,13H2,1-2H3. The molecule has 0 aliphatic heterocycles. The van der Waals surface area contributed by atoms with Crippen molar-refractivity contribution in [3.8, 4) is 6.07 Å². The van der Waals surface area contributed by atoms with Gasteiger partial charge < -0.3 is 0 Å². The molecule has 0 aromatic heterocycles. The van der Waals surface area contributed by atoms with Crippen LogP contribution >= 0.6 is 0 Å². The molecule has 0 aliphatic carbocycles. The molecule has 0 atom stereocenters. The Bertz CT molecular complexity index is 363. The highest BCUT2D eigenvalue weighted by Gasteiger charge is 2.07. The van der Waals surface area contributed by atoms with Crippen LogP contribution in [0.2, 0.25) is 0 Å². The van der Waals surface area contributed by atoms with Crippen molar-refractivity contribution in [3.05, 3.63) is 28.8 Å². The predicted molar refractivity (Wildman–Crippen MR) is 62.7 cm³/mol. The fraction of sp³-hybridized carbons (Fsp3) is 0.417. The van der Waals surface area contributed by atoms with Crippen LogP contribution in [0.3, 0.4) is 0 Å². The van der Waals surface area contributed by atoms with E-state index in [1.807, 2.05) is 0 Å². The summed E-state index contributed by atoms with van der Waals surface area (Å²) in [7, 11) is 2.12. The van der Waals surface area contributed by atoms with Crippen molar-refractivity contribution in [2.45, 2.75) is 33.1 Å². The molecule has 0 unspecified atom stereocenters. The SMILES string of the molecule is Bc1ccc(CC)c(CC#N)c1CC. The summed E-state index contributed by atoms with van der Waals surface area (Å²) in [6.07, 6.45) is 2.59. The molecule has 0 radical (unpaired) electrons. The number of benzene rings is 1. The van der Waals surface area contributed by atoms with Crippen LogP contribution in [0, 0.1) is 11.3 Å². The van der Waals surface area contributed by atoms with Crippen molar-refractivity contribution >= 4 is 13.3 Å². The Morgan fingerprint density at radius 3 is 2.43 bits per heavy atom. The van der Waals surface area contributed by atoms with Gasteiger partial charge in [0.1, 0.15) is 7.85 Å². The van der Waals surface area contributed by atoms with E-state index in [0.29, 0.717) is 6.42 Å². The molecule has 1 aromatic rings. The number of aryl methyl sites for hydroxylation is 1. The lowest BCUT2D eigenvalue weighted by atomic mass is 9.83. The first-order valence-electron chi connectivity index (χ1n) is 5.21. The normalized spacial score (nSPS) is 9.79. The maximum absolute atomic E-state index is 8.80. The van der Waals surface area contributed by atoms with Gasteiger partial charge in [0, 0.05) is 0 Å². The molecular weight excluding hydrogens is 169 g/mol. The summed E-state index contributed by atoms with van der Waals surface area (Å²) >= 11 is 0. The van der Waals surface area contributed by atoms with E-state index in [9.17, 15) is 0 Å². The van der Waals surface area contributed by atoms with Crippen LogP contribution in [0.1, 0.15) is 30.5 Å². The molecule has 0 spiro atoms. The summed E-state index contributed by atoms with van der Waals surface area (Å²) in [5.41, 5.74) is 5.27. The van der Waals surface area contributed by atoms with Crippen LogP contribution in [0.15, 0.2) is 12.1 Å². The van der Waals surface area contributed by atoms with Gasteiger partial charge in [0.25, 0.3) is 0 Å². The average molecular weight is 185 g/mol. The highest BCUT2D eigenvalue weighted by Crippen LogP contribution is 2.14. The lowest BCUT2D eigenvalue weighted by Gasteiger charge is -2.13. The van der Waals surface area contributed by atoms with E-state index in [4.69, 9.17) is 5.26 Å². The van der Waals surface area contributed by atoms with E-state index in [1.165, 1.54) is 22.2 Å². The first kappa shape index (κ1) is 10.9. The average Bonchev–Trinajstić information content (AvgIpc) is 2.19. The number of hydrogen-bond donors (Lipinski definition) is 0. The molecule has 0 bridgehead atoms. The Morgan fingerprint density at radius 2 is 1.93 bits per heavy atom. The van der Waals surface area contributed by atoms with E-state index in [1.54, 1.807) is 0 Å². The van der Waals surface area contributed by atoms with Crippen LogP contribution in [-0.2, 0) is 19.3 Å². The fourth-order valence-electron chi connectivity index (χ4n) is 1.98. The van der Waals surface area contributed by atoms with Gasteiger partial charge in [-0.25, -0.2) is 0 Å². The van der Waals surface area contributed by atoms with Crippen molar-refractivity contribution in [3.63, 3.8) is 0 Å². The second-order valence-electron chi connectivity index (χ2n) is 3.54. The van der Waals surface area contributed by atoms with Gasteiger partial charge in [-0.2, -0.15) is 5.26 Å². The van der Waals surface area contributed by atoms with E-state index in [0.717, 1.165) is 12.8 Å². The minimum absolute atomic E-state index is 0.550. The zero-order valence-electron chi connectivity index (χ0n) is 9.22. The van der Waals surface area contributed by atoms with Crippen molar-refractivity contribution in [2.24, 2.45) is 0 Å². The highest BCUT2D eigenvalue weighted by molar-refractivity contribution is 6.33. The first-order valence-corrected chi connectivity index (χ1v) is 5.21. The Balaban J connectivity index is 3.29. The van der Waals surface area contributed by atoms with E-state index in [-0.39, 0.29) is 0 Å². The minimum atomic E-state index is 0.550. The molecule has 0 saturated carbocycles. The lowest BCUT2D eigenvalue weighted by molar-refractivity contribution is 1.03. The number of nitrogens with zero attached hydrogens (tertiary/aromatic N) is 1. The largest absolute Gasteiger partial charge is 0.198 e. The van der Waals surface area contributed by atoms with Crippen molar-refractivity contribution in [2.75, 3.05) is 0 Å². The third-order valence-corrected chi connectivity index (χ3v) is 2.75. The van der Waals surface area contributed by atoms with E-state index >= 15 is 0 Å². The van der Waals surface area contributed by atoms with Gasteiger partial charge in [-0.1, -0.05) is 37.0 Å². The zero-order chi connectivity index (χ0) is 10.6. The second kappa shape index (κ2) is 4.86. The zero-order valence-corrected chi connectivity index (χ0v) is 9.22. The quantitative estimate of drug-likeness (QED) is 0.647. The van der Waals surface area contributed by atoms with E-state index in [2.05, 4.69) is 39.9 Å². The number of nitriles is 1. The molecule has 0 heterocycles. The van der Waals surface area contributed by atoms with Crippen LogP contribution in [0.25, 0.3) is 0 Å². The van der Waals surface area contributed by atoms with Gasteiger partial charge in [0.15, 0.2) is 0 Å². The maximum Gasteiger partial charge on any atom is 0.139 e. The highest BCUT2D eigenvalue weighted by atomic mass is 14.2. The third kappa shape index (κ3) is 1.98. The summed E-state index contributed by atoms with van der Waals surface area (Å²) in [5, 5.41) is 8.80. The Hall–Kier alpha value is -1.23. The lowest BCUT2D eigenvalue weighted by Crippen LogP contribution is -2.14. The smallest absolute Gasteiger partial charge is 0.139 e. The molecular formula is C12H16BN. The summed E-state index contributed by atoms with van der Waals surface area (Å²) in [4.78, 5) is 0. The fourth-order valence-corrected chi connectivity index (χ4v) is 1.98. The summed E-state index contributed by atoms with van der Waals surface area (Å²) in [5.74, 6) is 0. The van der Waals surface area contributed by atoms with Crippen molar-refractivity contribution in [1.82, 2.24) is 0 Å². The molecule has 72 valence electrons. The molecule has 14 heavy (non-hydrogen) atoms. The predicted octanol–water partition coefficient (Wildman–Crippen LogP) is 1.14. The molecule has 0 aliphatic rings. The minimum Gasteiger partial charge on any atom is -0.198 e. The molecule has 1 nitrogen and oxygen atoms in total. The van der Waals surface area contributed by atoms with Crippen LogP contribution in [0.4, 0.5) is 0 Å². The topological polar surface area (TPSA) is 23.8 Å². The van der Waals surface area contributed by atoms with Crippen molar-refractivity contribution < 1.29 is 0 Å². The van der Waals surface area contributed by atoms with Gasteiger partial charge >= 0.3 is 0 Å². The Morgan fingerprint density at radius 1 is 1.21 bits per heavy atom. The molecule has 0 N–H and O–H groups in total. The maximum atomic E-state index is 8.80. The molecule has 0 saturated heterocycles. The van der Waals surface area contributed by atoms with Crippen LogP contribution in [0.5, 0.6) is 0 Å². The number of hydrogen-bond acceptors (Lipinski definition) is 1. The van der Waals surface area contributed by atoms with Gasteiger partial charge in [0.05, 0.1) is 12.5 Å². The van der Waals surface area contributed by atoms with Gasteiger partial charge in [0.2, 0.25) is 0 Å². The van der Waals surface area contributed by atoms with Crippen LogP contribution in [-0.4, -0.2) is 7.85 Å². The Kier molecular flexibility index (Phi) is 3.77. The molecule has 0 fully saturated rings. The third-order valence-electron chi connectivity index (χ3n) is 2.75. The van der Waals surface area contributed by atoms with E-state index < -0.39 is 0 Å². The summed E-state index contributed by atoms with van der Waals surface area (Å²) in [6, 6.07) is 6.58. The molecule has 1 rings (SSSR count).